The molecule has 2 aromatic heterocycles. The van der Waals surface area contributed by atoms with E-state index in [0.717, 1.165) is 16.3 Å². The molecule has 24 heavy (non-hydrogen) atoms. The van der Waals surface area contributed by atoms with Gasteiger partial charge >= 0.3 is 0 Å². The van der Waals surface area contributed by atoms with Crippen molar-refractivity contribution < 1.29 is 9.52 Å². The summed E-state index contributed by atoms with van der Waals surface area (Å²) in [7, 11) is 0. The number of nitrogens with zero attached hydrogens (tertiary/aromatic N) is 2. The summed E-state index contributed by atoms with van der Waals surface area (Å²) in [6.45, 7) is 4.13. The fourth-order valence-corrected chi connectivity index (χ4v) is 3.58. The molecule has 2 N–H and O–H groups in total. The number of hydrogen-bond donors (Lipinski definition) is 2. The van der Waals surface area contributed by atoms with E-state index in [1.165, 1.54) is 40.3 Å². The van der Waals surface area contributed by atoms with Gasteiger partial charge in [-0.1, -0.05) is 29.2 Å². The van der Waals surface area contributed by atoms with Crippen molar-refractivity contribution in [2.75, 3.05) is 5.32 Å². The number of benzene rings is 1. The summed E-state index contributed by atoms with van der Waals surface area (Å²) < 4.78 is 5.92. The molecular formula is C16H15N3O3S2. The van der Waals surface area contributed by atoms with Gasteiger partial charge < -0.3 is 14.8 Å². The van der Waals surface area contributed by atoms with Crippen LogP contribution in [0.5, 0.6) is 5.75 Å². The van der Waals surface area contributed by atoms with Gasteiger partial charge in [-0.2, -0.15) is 0 Å². The standard InChI is InChI=1S/C16H15N3O3S2/c1-9-3-4-11(5-10(9)2)17-15-18-19-16(24-15)23-8-12-6-13(20)14(21)7-22-12/h3-7,21H,8H2,1-2H3,(H,17,18). The molecule has 2 heterocycles. The van der Waals surface area contributed by atoms with E-state index in [4.69, 9.17) is 9.52 Å². The first-order valence-electron chi connectivity index (χ1n) is 7.12. The summed E-state index contributed by atoms with van der Waals surface area (Å²) >= 11 is 2.84. The first-order chi connectivity index (χ1) is 11.5. The Bertz CT molecular complexity index is 921. The molecule has 1 aromatic carbocycles. The molecular weight excluding hydrogens is 346 g/mol. The molecule has 3 aromatic rings. The Morgan fingerprint density at radius 3 is 2.83 bits per heavy atom. The van der Waals surface area contributed by atoms with Crippen LogP contribution in [0.1, 0.15) is 16.9 Å². The molecule has 6 nitrogen and oxygen atoms in total. The quantitative estimate of drug-likeness (QED) is 0.667. The molecule has 0 amide bonds. The van der Waals surface area contributed by atoms with Gasteiger partial charge in [0.05, 0.1) is 5.75 Å². The van der Waals surface area contributed by atoms with Crippen LogP contribution in [0.3, 0.4) is 0 Å². The van der Waals surface area contributed by atoms with E-state index in [2.05, 4.69) is 41.5 Å². The number of anilines is 2. The molecule has 0 spiro atoms. The molecule has 0 radical (unpaired) electrons. The lowest BCUT2D eigenvalue weighted by molar-refractivity contribution is 0.419. The van der Waals surface area contributed by atoms with Gasteiger partial charge in [0.1, 0.15) is 12.0 Å². The van der Waals surface area contributed by atoms with Gasteiger partial charge in [0.25, 0.3) is 0 Å². The van der Waals surface area contributed by atoms with Crippen molar-refractivity contribution in [1.29, 1.82) is 0 Å². The number of nitrogens with one attached hydrogen (secondary N) is 1. The third-order valence-corrected chi connectivity index (χ3v) is 5.36. The summed E-state index contributed by atoms with van der Waals surface area (Å²) in [5.74, 6) is 0.523. The van der Waals surface area contributed by atoms with E-state index in [1.54, 1.807) is 0 Å². The molecule has 0 atom stereocenters. The van der Waals surface area contributed by atoms with E-state index in [9.17, 15) is 4.79 Å². The zero-order valence-electron chi connectivity index (χ0n) is 13.1. The molecule has 0 bridgehead atoms. The number of aromatic nitrogens is 2. The Kier molecular flexibility index (Phi) is 4.86. The van der Waals surface area contributed by atoms with Crippen molar-refractivity contribution in [3.63, 3.8) is 0 Å². The molecule has 0 aliphatic rings. The topological polar surface area (TPSA) is 88.2 Å². The van der Waals surface area contributed by atoms with Gasteiger partial charge in [-0.25, -0.2) is 0 Å². The normalized spacial score (nSPS) is 10.8. The Balaban J connectivity index is 1.63. The highest BCUT2D eigenvalue weighted by Gasteiger charge is 2.08. The Hall–Kier alpha value is -2.32. The van der Waals surface area contributed by atoms with Crippen LogP contribution < -0.4 is 10.7 Å². The fourth-order valence-electron chi connectivity index (χ4n) is 1.91. The molecule has 8 heteroatoms. The Labute approximate surface area is 146 Å². The first kappa shape index (κ1) is 16.5. The second-order valence-corrected chi connectivity index (χ2v) is 7.38. The highest BCUT2D eigenvalue weighted by Crippen LogP contribution is 2.30. The molecule has 0 saturated heterocycles. The SMILES string of the molecule is Cc1ccc(Nc2nnc(SCc3cc(=O)c(O)co3)s2)cc1C. The van der Waals surface area contributed by atoms with Gasteiger partial charge in [-0.15, -0.1) is 10.2 Å². The summed E-state index contributed by atoms with van der Waals surface area (Å²) in [5, 5.41) is 21.3. The number of rotatable bonds is 5. The lowest BCUT2D eigenvalue weighted by Gasteiger charge is -2.05. The third kappa shape index (κ3) is 3.95. The van der Waals surface area contributed by atoms with E-state index >= 15 is 0 Å². The second kappa shape index (κ2) is 7.06. The number of aromatic hydroxyl groups is 1. The minimum atomic E-state index is -0.453. The van der Waals surface area contributed by atoms with Crippen molar-refractivity contribution in [1.82, 2.24) is 10.2 Å². The summed E-state index contributed by atoms with van der Waals surface area (Å²) in [5.41, 5.74) is 2.97. The van der Waals surface area contributed by atoms with Crippen LogP contribution in [-0.4, -0.2) is 15.3 Å². The zero-order valence-corrected chi connectivity index (χ0v) is 14.7. The van der Waals surface area contributed by atoms with Crippen molar-refractivity contribution in [3.05, 3.63) is 57.6 Å². The molecule has 0 unspecified atom stereocenters. The monoisotopic (exact) mass is 361 g/mol. The molecule has 0 aliphatic heterocycles. The van der Waals surface area contributed by atoms with E-state index in [-0.39, 0.29) is 5.75 Å². The van der Waals surface area contributed by atoms with Crippen LogP contribution in [0.15, 0.2) is 44.1 Å². The van der Waals surface area contributed by atoms with E-state index in [1.807, 2.05) is 6.07 Å². The highest BCUT2D eigenvalue weighted by atomic mass is 32.2. The van der Waals surface area contributed by atoms with Gasteiger partial charge in [-0.05, 0) is 37.1 Å². The summed E-state index contributed by atoms with van der Waals surface area (Å²) in [4.78, 5) is 11.4. The van der Waals surface area contributed by atoms with Crippen molar-refractivity contribution in [3.8, 4) is 5.75 Å². The maximum absolute atomic E-state index is 11.4. The molecule has 0 aliphatic carbocycles. The van der Waals surface area contributed by atoms with E-state index in [0.29, 0.717) is 16.6 Å². The van der Waals surface area contributed by atoms with Gasteiger partial charge in [0, 0.05) is 11.8 Å². The molecule has 0 saturated carbocycles. The predicted octanol–water partition coefficient (Wildman–Crippen LogP) is 3.85. The highest BCUT2D eigenvalue weighted by molar-refractivity contribution is 8.00. The second-order valence-electron chi connectivity index (χ2n) is 5.18. The fraction of sp³-hybridized carbons (Fsp3) is 0.188. The molecule has 3 rings (SSSR count). The average Bonchev–Trinajstić information content (AvgIpc) is 3.00. The lowest BCUT2D eigenvalue weighted by Crippen LogP contribution is -1.98. The Morgan fingerprint density at radius 1 is 1.25 bits per heavy atom. The summed E-state index contributed by atoms with van der Waals surface area (Å²) in [6.07, 6.45) is 1.05. The zero-order chi connectivity index (χ0) is 17.1. The maximum Gasteiger partial charge on any atom is 0.226 e. The number of thioether (sulfide) groups is 1. The first-order valence-corrected chi connectivity index (χ1v) is 8.93. The van der Waals surface area contributed by atoms with Crippen LogP contribution >= 0.6 is 23.1 Å². The predicted molar refractivity (Wildman–Crippen MR) is 95.3 cm³/mol. The minimum Gasteiger partial charge on any atom is -0.502 e. The molecule has 124 valence electrons. The number of aryl methyl sites for hydroxylation is 2. The minimum absolute atomic E-state index is 0.389. The van der Waals surface area contributed by atoms with Crippen molar-refractivity contribution in [2.45, 2.75) is 23.9 Å². The summed E-state index contributed by atoms with van der Waals surface area (Å²) in [6, 6.07) is 7.40. The van der Waals surface area contributed by atoms with Crippen molar-refractivity contribution in [2.24, 2.45) is 0 Å². The van der Waals surface area contributed by atoms with Crippen molar-refractivity contribution >= 4 is 33.9 Å². The largest absolute Gasteiger partial charge is 0.502 e. The number of hydrogen-bond acceptors (Lipinski definition) is 8. The smallest absolute Gasteiger partial charge is 0.226 e. The van der Waals surface area contributed by atoms with Crippen LogP contribution in [-0.2, 0) is 5.75 Å². The van der Waals surface area contributed by atoms with Crippen LogP contribution in [0.2, 0.25) is 0 Å². The van der Waals surface area contributed by atoms with Gasteiger partial charge in [0.2, 0.25) is 10.6 Å². The Morgan fingerprint density at radius 2 is 2.08 bits per heavy atom. The maximum atomic E-state index is 11.4. The lowest BCUT2D eigenvalue weighted by atomic mass is 10.1. The molecule has 0 fully saturated rings. The van der Waals surface area contributed by atoms with Crippen LogP contribution in [0, 0.1) is 13.8 Å². The van der Waals surface area contributed by atoms with E-state index < -0.39 is 5.43 Å². The van der Waals surface area contributed by atoms with Crippen LogP contribution in [0.4, 0.5) is 10.8 Å². The van der Waals surface area contributed by atoms with Crippen LogP contribution in [0.25, 0.3) is 0 Å². The van der Waals surface area contributed by atoms with Gasteiger partial charge in [0.15, 0.2) is 10.1 Å². The van der Waals surface area contributed by atoms with Gasteiger partial charge in [-0.3, -0.25) is 4.79 Å². The average molecular weight is 361 g/mol. The third-order valence-electron chi connectivity index (χ3n) is 3.37.